The molecule has 4 aromatic carbocycles. The summed E-state index contributed by atoms with van der Waals surface area (Å²) in [5, 5.41) is 10.7. The SMILES string of the molecule is COc1ccc(COC(=O)CCC(NC(=O)NC(CCCCNC(=O)Nc2ccccc2)C(=O)OCc2ccc(OC)cc2OC)C(=O)OCc2ccc(OC)cc2OC)c(OC)c1. The molecule has 18 heteroatoms. The maximum absolute atomic E-state index is 13.7. The molecule has 0 aliphatic carbocycles. The van der Waals surface area contributed by atoms with Gasteiger partial charge < -0.3 is 63.9 Å². The van der Waals surface area contributed by atoms with Gasteiger partial charge in [0.1, 0.15) is 66.4 Å². The summed E-state index contributed by atoms with van der Waals surface area (Å²) in [7, 11) is 8.92. The van der Waals surface area contributed by atoms with Crippen LogP contribution in [-0.2, 0) is 48.4 Å². The molecule has 64 heavy (non-hydrogen) atoms. The zero-order chi connectivity index (χ0) is 46.3. The van der Waals surface area contributed by atoms with Gasteiger partial charge in [0, 0.05) is 53.5 Å². The lowest BCUT2D eigenvalue weighted by atomic mass is 10.1. The van der Waals surface area contributed by atoms with Gasteiger partial charge in [-0.25, -0.2) is 19.2 Å². The fourth-order valence-corrected chi connectivity index (χ4v) is 6.13. The molecule has 0 radical (unpaired) electrons. The van der Waals surface area contributed by atoms with E-state index < -0.39 is 42.1 Å². The van der Waals surface area contributed by atoms with Gasteiger partial charge in [-0.2, -0.15) is 0 Å². The molecule has 4 aromatic rings. The van der Waals surface area contributed by atoms with Gasteiger partial charge >= 0.3 is 30.0 Å². The van der Waals surface area contributed by atoms with E-state index in [9.17, 15) is 24.0 Å². The number of carbonyl (C=O) groups excluding carboxylic acids is 5. The Labute approximate surface area is 372 Å². The van der Waals surface area contributed by atoms with Crippen molar-refractivity contribution in [1.29, 1.82) is 0 Å². The normalized spacial score (nSPS) is 11.4. The molecule has 4 N–H and O–H groups in total. The van der Waals surface area contributed by atoms with Crippen LogP contribution < -0.4 is 49.7 Å². The summed E-state index contributed by atoms with van der Waals surface area (Å²) in [5.74, 6) is 0.564. The molecule has 344 valence electrons. The first-order chi connectivity index (χ1) is 31.0. The predicted octanol–water partition coefficient (Wildman–Crippen LogP) is 6.08. The van der Waals surface area contributed by atoms with E-state index in [1.54, 1.807) is 78.9 Å². The van der Waals surface area contributed by atoms with Crippen LogP contribution in [0.4, 0.5) is 15.3 Å². The third-order valence-corrected chi connectivity index (χ3v) is 9.66. The average molecular weight is 889 g/mol. The van der Waals surface area contributed by atoms with Gasteiger partial charge in [0.2, 0.25) is 0 Å². The van der Waals surface area contributed by atoms with Crippen LogP contribution in [0.3, 0.4) is 0 Å². The lowest BCUT2D eigenvalue weighted by molar-refractivity contribution is -0.149. The first-order valence-electron chi connectivity index (χ1n) is 20.3. The van der Waals surface area contributed by atoms with E-state index in [2.05, 4.69) is 21.3 Å². The zero-order valence-corrected chi connectivity index (χ0v) is 36.8. The minimum atomic E-state index is -1.38. The molecule has 0 heterocycles. The van der Waals surface area contributed by atoms with Crippen molar-refractivity contribution in [3.05, 3.63) is 102 Å². The highest BCUT2D eigenvalue weighted by atomic mass is 16.5. The van der Waals surface area contributed by atoms with Crippen LogP contribution in [0.2, 0.25) is 0 Å². The quantitative estimate of drug-likeness (QED) is 0.0337. The van der Waals surface area contributed by atoms with Crippen LogP contribution in [0.5, 0.6) is 34.5 Å². The highest BCUT2D eigenvalue weighted by molar-refractivity contribution is 5.89. The summed E-state index contributed by atoms with van der Waals surface area (Å²) in [4.78, 5) is 66.4. The summed E-state index contributed by atoms with van der Waals surface area (Å²) in [6.07, 6.45) is 0.382. The molecule has 0 saturated carbocycles. The van der Waals surface area contributed by atoms with Crippen molar-refractivity contribution in [2.24, 2.45) is 0 Å². The van der Waals surface area contributed by atoms with Crippen molar-refractivity contribution < 1.29 is 66.6 Å². The van der Waals surface area contributed by atoms with E-state index in [1.165, 1.54) is 42.7 Å². The number of ether oxygens (including phenoxy) is 9. The molecule has 4 rings (SSSR count). The number of methoxy groups -OCH3 is 6. The van der Waals surface area contributed by atoms with E-state index in [1.807, 2.05) is 6.07 Å². The van der Waals surface area contributed by atoms with Crippen molar-refractivity contribution in [2.45, 2.75) is 64.0 Å². The Kier molecular flexibility index (Phi) is 20.2. The molecule has 0 aliphatic heterocycles. The molecule has 18 nitrogen and oxygen atoms in total. The minimum Gasteiger partial charge on any atom is -0.497 e. The van der Waals surface area contributed by atoms with E-state index in [0.29, 0.717) is 69.7 Å². The highest BCUT2D eigenvalue weighted by Gasteiger charge is 2.28. The molecule has 2 unspecified atom stereocenters. The third kappa shape index (κ3) is 15.8. The molecule has 0 fully saturated rings. The van der Waals surface area contributed by atoms with E-state index >= 15 is 0 Å². The van der Waals surface area contributed by atoms with Crippen LogP contribution in [0.1, 0.15) is 48.8 Å². The van der Waals surface area contributed by atoms with Crippen molar-refractivity contribution >= 4 is 35.7 Å². The Hall–Kier alpha value is -7.37. The topological polar surface area (TPSA) is 217 Å². The molecule has 4 amide bonds. The number of hydrogen-bond donors (Lipinski definition) is 4. The number of unbranched alkanes of at least 4 members (excludes halogenated alkanes) is 1. The number of amides is 4. The first-order valence-corrected chi connectivity index (χ1v) is 20.3. The summed E-state index contributed by atoms with van der Waals surface area (Å²) in [5.41, 5.74) is 2.26. The number of esters is 3. The Morgan fingerprint density at radius 2 is 0.953 bits per heavy atom. The zero-order valence-electron chi connectivity index (χ0n) is 36.8. The maximum atomic E-state index is 13.7. The monoisotopic (exact) mass is 888 g/mol. The highest BCUT2D eigenvalue weighted by Crippen LogP contribution is 2.28. The van der Waals surface area contributed by atoms with Gasteiger partial charge in [-0.1, -0.05) is 18.2 Å². The molecule has 0 spiro atoms. The van der Waals surface area contributed by atoms with Crippen LogP contribution >= 0.6 is 0 Å². The predicted molar refractivity (Wildman–Crippen MR) is 234 cm³/mol. The Morgan fingerprint density at radius 1 is 0.500 bits per heavy atom. The maximum Gasteiger partial charge on any atom is 0.329 e. The second-order valence-electron chi connectivity index (χ2n) is 13.9. The van der Waals surface area contributed by atoms with Crippen LogP contribution in [0.15, 0.2) is 84.9 Å². The van der Waals surface area contributed by atoms with Crippen molar-refractivity contribution in [1.82, 2.24) is 16.0 Å². The van der Waals surface area contributed by atoms with Crippen molar-refractivity contribution in [3.8, 4) is 34.5 Å². The number of urea groups is 2. The fraction of sp³-hybridized carbons (Fsp3) is 0.370. The lowest BCUT2D eigenvalue weighted by Gasteiger charge is -2.22. The van der Waals surface area contributed by atoms with E-state index in [-0.39, 0.29) is 45.6 Å². The smallest absolute Gasteiger partial charge is 0.329 e. The summed E-state index contributed by atoms with van der Waals surface area (Å²) < 4.78 is 48.7. The summed E-state index contributed by atoms with van der Waals surface area (Å²) >= 11 is 0. The Bertz CT molecular complexity index is 2150. The molecule has 2 atom stereocenters. The number of nitrogens with one attached hydrogen (secondary N) is 4. The van der Waals surface area contributed by atoms with Gasteiger partial charge in [0.25, 0.3) is 0 Å². The number of benzene rings is 4. The Morgan fingerprint density at radius 3 is 1.41 bits per heavy atom. The van der Waals surface area contributed by atoms with E-state index in [0.717, 1.165) is 0 Å². The van der Waals surface area contributed by atoms with Crippen molar-refractivity contribution in [3.63, 3.8) is 0 Å². The van der Waals surface area contributed by atoms with Gasteiger partial charge in [0.15, 0.2) is 0 Å². The third-order valence-electron chi connectivity index (χ3n) is 9.66. The molecule has 0 bridgehead atoms. The Balaban J connectivity index is 1.45. The second-order valence-corrected chi connectivity index (χ2v) is 13.9. The lowest BCUT2D eigenvalue weighted by Crippen LogP contribution is -2.51. The minimum absolute atomic E-state index is 0.0987. The second kappa shape index (κ2) is 26.2. The van der Waals surface area contributed by atoms with Gasteiger partial charge in [0.05, 0.1) is 42.7 Å². The number of para-hydroxylation sites is 1. The number of anilines is 1. The summed E-state index contributed by atoms with van der Waals surface area (Å²) in [6.45, 7) is -0.300. The molecule has 0 aliphatic rings. The molecule has 0 saturated heterocycles. The fourth-order valence-electron chi connectivity index (χ4n) is 6.13. The van der Waals surface area contributed by atoms with Crippen LogP contribution in [-0.4, -0.2) is 91.3 Å². The van der Waals surface area contributed by atoms with Gasteiger partial charge in [-0.15, -0.1) is 0 Å². The standard InChI is InChI=1S/C46H56N4O14/c1-56-34-18-15-30(39(24-34)59-4)27-62-42(51)22-21-38(44(53)64-29-32-17-20-36(58-3)26-41(32)61-6)50-46(55)49-37(14-10-11-23-47-45(54)48-33-12-8-7-9-13-33)43(52)63-28-31-16-19-35(57-2)25-40(31)60-5/h7-9,12-13,15-20,24-26,37-38H,10-11,14,21-23,27-29H2,1-6H3,(H2,47,48,54)(H2,49,50,55). The number of carbonyl (C=O) groups is 5. The van der Waals surface area contributed by atoms with Gasteiger partial charge in [-0.05, 0) is 74.2 Å². The van der Waals surface area contributed by atoms with Gasteiger partial charge in [-0.3, -0.25) is 4.79 Å². The van der Waals surface area contributed by atoms with Crippen molar-refractivity contribution in [2.75, 3.05) is 54.5 Å². The number of rotatable bonds is 25. The molecule has 0 aromatic heterocycles. The van der Waals surface area contributed by atoms with Crippen LogP contribution in [0.25, 0.3) is 0 Å². The first kappa shape index (κ1) is 49.3. The number of hydrogen-bond acceptors (Lipinski definition) is 14. The summed E-state index contributed by atoms with van der Waals surface area (Å²) in [6, 6.07) is 20.0. The van der Waals surface area contributed by atoms with E-state index in [4.69, 9.17) is 42.6 Å². The molecular weight excluding hydrogens is 833 g/mol. The largest absolute Gasteiger partial charge is 0.497 e. The average Bonchev–Trinajstić information content (AvgIpc) is 3.32. The van der Waals surface area contributed by atoms with Crippen LogP contribution in [0, 0.1) is 0 Å². The molecular formula is C46H56N4O14.